The Bertz CT molecular complexity index is 751. The van der Waals surface area contributed by atoms with Crippen LogP contribution in [-0.2, 0) is 13.1 Å². The highest BCUT2D eigenvalue weighted by Crippen LogP contribution is 2.23. The minimum atomic E-state index is -1.11. The van der Waals surface area contributed by atoms with Gasteiger partial charge in [-0.3, -0.25) is 9.80 Å². The molecule has 0 bridgehead atoms. The number of hydrogen-bond donors (Lipinski definition) is 2. The minimum absolute atomic E-state index is 0.0526. The number of aromatic carboxylic acids is 1. The zero-order chi connectivity index (χ0) is 18.7. The van der Waals surface area contributed by atoms with E-state index in [-0.39, 0.29) is 11.3 Å². The average molecular weight is 354 g/mol. The Kier molecular flexibility index (Phi) is 5.59. The molecule has 2 N–H and O–H groups in total. The summed E-state index contributed by atoms with van der Waals surface area (Å²) in [5.74, 6) is -1.27. The van der Waals surface area contributed by atoms with Crippen molar-refractivity contribution in [3.63, 3.8) is 0 Å². The summed E-state index contributed by atoms with van der Waals surface area (Å²) in [6.45, 7) is 8.04. The number of benzene rings is 2. The van der Waals surface area contributed by atoms with Crippen LogP contribution in [-0.4, -0.2) is 51.2 Å². The first kappa shape index (κ1) is 18.4. The zero-order valence-corrected chi connectivity index (χ0v) is 15.3. The van der Waals surface area contributed by atoms with Gasteiger partial charge < -0.3 is 10.2 Å². The minimum Gasteiger partial charge on any atom is -0.507 e. The fourth-order valence-electron chi connectivity index (χ4n) is 3.82. The Morgan fingerprint density at radius 1 is 1.00 bits per heavy atom. The van der Waals surface area contributed by atoms with Gasteiger partial charge in [0.2, 0.25) is 0 Å². The Morgan fingerprint density at radius 3 is 2.23 bits per heavy atom. The Morgan fingerprint density at radius 2 is 1.65 bits per heavy atom. The third kappa shape index (κ3) is 4.23. The fraction of sp³-hybridized carbons (Fsp3) is 0.381. The van der Waals surface area contributed by atoms with Gasteiger partial charge in [0, 0.05) is 38.3 Å². The third-order valence-electron chi connectivity index (χ3n) is 5.08. The van der Waals surface area contributed by atoms with Gasteiger partial charge in [-0.2, -0.15) is 0 Å². The molecule has 1 aliphatic heterocycles. The molecule has 2 aromatic carbocycles. The summed E-state index contributed by atoms with van der Waals surface area (Å²) in [6, 6.07) is 16.2. The van der Waals surface area contributed by atoms with Gasteiger partial charge in [-0.15, -0.1) is 0 Å². The summed E-state index contributed by atoms with van der Waals surface area (Å²) in [6.07, 6.45) is 0. The van der Waals surface area contributed by atoms with E-state index < -0.39 is 5.97 Å². The maximum atomic E-state index is 11.0. The number of carbonyl (C=O) groups is 1. The normalized spacial score (nSPS) is 21.6. The summed E-state index contributed by atoms with van der Waals surface area (Å²) >= 11 is 0. The van der Waals surface area contributed by atoms with Crippen LogP contribution in [0.1, 0.15) is 35.3 Å². The molecular formula is C21H26N2O3. The molecule has 1 aliphatic rings. The number of nitrogens with zero attached hydrogens (tertiary/aromatic N) is 2. The first-order valence-corrected chi connectivity index (χ1v) is 9.01. The van der Waals surface area contributed by atoms with E-state index in [1.54, 1.807) is 12.1 Å². The van der Waals surface area contributed by atoms with Gasteiger partial charge in [-0.1, -0.05) is 36.4 Å². The van der Waals surface area contributed by atoms with Crippen LogP contribution in [0.4, 0.5) is 0 Å². The van der Waals surface area contributed by atoms with Crippen LogP contribution in [0, 0.1) is 0 Å². The van der Waals surface area contributed by atoms with Crippen molar-refractivity contribution in [1.29, 1.82) is 0 Å². The summed E-state index contributed by atoms with van der Waals surface area (Å²) in [4.78, 5) is 15.9. The highest BCUT2D eigenvalue weighted by Gasteiger charge is 2.29. The van der Waals surface area contributed by atoms with E-state index in [4.69, 9.17) is 5.11 Å². The molecule has 2 aromatic rings. The van der Waals surface area contributed by atoms with E-state index >= 15 is 0 Å². The molecule has 0 radical (unpaired) electrons. The van der Waals surface area contributed by atoms with Crippen molar-refractivity contribution in [2.75, 3.05) is 13.1 Å². The summed E-state index contributed by atoms with van der Waals surface area (Å²) in [7, 11) is 0. The molecule has 1 saturated heterocycles. The average Bonchev–Trinajstić information content (AvgIpc) is 2.59. The predicted octanol–water partition coefficient (Wildman–Crippen LogP) is 3.19. The van der Waals surface area contributed by atoms with Crippen LogP contribution in [0.25, 0.3) is 0 Å². The van der Waals surface area contributed by atoms with Crippen molar-refractivity contribution < 1.29 is 15.0 Å². The van der Waals surface area contributed by atoms with E-state index in [0.29, 0.717) is 18.6 Å². The molecule has 2 atom stereocenters. The van der Waals surface area contributed by atoms with Crippen LogP contribution in [0.5, 0.6) is 5.75 Å². The largest absolute Gasteiger partial charge is 0.507 e. The number of hydrogen-bond acceptors (Lipinski definition) is 4. The van der Waals surface area contributed by atoms with Crippen LogP contribution in [0.2, 0.25) is 0 Å². The quantitative estimate of drug-likeness (QED) is 0.863. The second-order valence-electron chi connectivity index (χ2n) is 7.21. The molecule has 1 heterocycles. The molecule has 1 fully saturated rings. The van der Waals surface area contributed by atoms with Gasteiger partial charge in [-0.25, -0.2) is 4.79 Å². The van der Waals surface area contributed by atoms with E-state index in [0.717, 1.165) is 25.2 Å². The Labute approximate surface area is 154 Å². The second-order valence-corrected chi connectivity index (χ2v) is 7.21. The lowest BCUT2D eigenvalue weighted by atomic mass is 10.0. The molecule has 5 nitrogen and oxygen atoms in total. The highest BCUT2D eigenvalue weighted by molar-refractivity contribution is 5.90. The standard InChI is InChI=1S/C21H26N2O3/c1-15-11-22(13-18-8-9-19(21(25)26)20(24)10-18)12-16(2)23(15)14-17-6-4-3-5-7-17/h3-10,15-16,24H,11-14H2,1-2H3,(H,25,26)/t15-,16+. The molecule has 0 saturated carbocycles. The van der Waals surface area contributed by atoms with Crippen molar-refractivity contribution in [3.8, 4) is 5.75 Å². The lowest BCUT2D eigenvalue weighted by molar-refractivity contribution is 0.0290. The van der Waals surface area contributed by atoms with Crippen molar-refractivity contribution in [1.82, 2.24) is 9.80 Å². The second kappa shape index (κ2) is 7.89. The van der Waals surface area contributed by atoms with Crippen LogP contribution < -0.4 is 0 Å². The molecule has 138 valence electrons. The van der Waals surface area contributed by atoms with Crippen LogP contribution in [0.15, 0.2) is 48.5 Å². The maximum Gasteiger partial charge on any atom is 0.339 e. The number of carboxylic acids is 1. The fourth-order valence-corrected chi connectivity index (χ4v) is 3.82. The van der Waals surface area contributed by atoms with E-state index in [9.17, 15) is 9.90 Å². The Balaban J connectivity index is 1.64. The molecule has 5 heteroatoms. The summed E-state index contributed by atoms with van der Waals surface area (Å²) < 4.78 is 0. The number of aromatic hydroxyl groups is 1. The van der Waals surface area contributed by atoms with Gasteiger partial charge in [0.05, 0.1) is 0 Å². The number of phenols is 1. The highest BCUT2D eigenvalue weighted by atomic mass is 16.4. The van der Waals surface area contributed by atoms with Gasteiger partial charge in [0.25, 0.3) is 0 Å². The van der Waals surface area contributed by atoms with Crippen LogP contribution in [0.3, 0.4) is 0 Å². The van der Waals surface area contributed by atoms with Crippen molar-refractivity contribution in [2.45, 2.75) is 39.0 Å². The lowest BCUT2D eigenvalue weighted by Gasteiger charge is -2.44. The van der Waals surface area contributed by atoms with Crippen molar-refractivity contribution in [2.24, 2.45) is 0 Å². The van der Waals surface area contributed by atoms with Gasteiger partial charge in [0.1, 0.15) is 11.3 Å². The molecular weight excluding hydrogens is 328 g/mol. The smallest absolute Gasteiger partial charge is 0.339 e. The molecule has 0 aliphatic carbocycles. The van der Waals surface area contributed by atoms with Crippen LogP contribution >= 0.6 is 0 Å². The van der Waals surface area contributed by atoms with E-state index in [1.807, 2.05) is 6.07 Å². The first-order chi connectivity index (χ1) is 12.4. The monoisotopic (exact) mass is 354 g/mol. The van der Waals surface area contributed by atoms with Crippen molar-refractivity contribution in [3.05, 3.63) is 65.2 Å². The Hall–Kier alpha value is -2.37. The van der Waals surface area contributed by atoms with E-state index in [2.05, 4.69) is 47.9 Å². The zero-order valence-electron chi connectivity index (χ0n) is 15.3. The molecule has 0 aromatic heterocycles. The van der Waals surface area contributed by atoms with E-state index in [1.165, 1.54) is 11.6 Å². The number of piperazine rings is 1. The molecule has 0 unspecified atom stereocenters. The van der Waals surface area contributed by atoms with Gasteiger partial charge in [-0.05, 0) is 37.1 Å². The molecule has 26 heavy (non-hydrogen) atoms. The molecule has 3 rings (SSSR count). The van der Waals surface area contributed by atoms with Crippen molar-refractivity contribution >= 4 is 5.97 Å². The predicted molar refractivity (Wildman–Crippen MR) is 101 cm³/mol. The topological polar surface area (TPSA) is 64.0 Å². The summed E-state index contributed by atoms with van der Waals surface area (Å²) in [5, 5.41) is 18.9. The lowest BCUT2D eigenvalue weighted by Crippen LogP contribution is -2.55. The summed E-state index contributed by atoms with van der Waals surface area (Å²) in [5.41, 5.74) is 2.21. The van der Waals surface area contributed by atoms with Gasteiger partial charge in [0.15, 0.2) is 0 Å². The number of carboxylic acid groups (broad SMARTS) is 1. The molecule has 0 amide bonds. The van der Waals surface area contributed by atoms with Gasteiger partial charge >= 0.3 is 5.97 Å². The third-order valence-corrected chi connectivity index (χ3v) is 5.08. The maximum absolute atomic E-state index is 11.0. The molecule has 0 spiro atoms. The number of rotatable bonds is 5. The SMILES string of the molecule is C[C@@H]1CN(Cc2ccc(C(=O)O)c(O)c2)C[C@H](C)N1Cc1ccccc1. The first-order valence-electron chi connectivity index (χ1n) is 9.01.